The fourth-order valence-corrected chi connectivity index (χ4v) is 3.95. The van der Waals surface area contributed by atoms with Gasteiger partial charge in [0.25, 0.3) is 11.8 Å². The minimum atomic E-state index is -0.404. The molecule has 9 heteroatoms. The van der Waals surface area contributed by atoms with Crippen LogP contribution in [-0.4, -0.2) is 52.5 Å². The van der Waals surface area contributed by atoms with Crippen LogP contribution in [0, 0.1) is 11.8 Å². The number of piperidine rings is 1. The van der Waals surface area contributed by atoms with Gasteiger partial charge in [0.2, 0.25) is 15.9 Å². The molecule has 2 aromatic rings. The molecule has 1 fully saturated rings. The van der Waals surface area contributed by atoms with Crippen LogP contribution < -0.4 is 10.6 Å². The van der Waals surface area contributed by atoms with Crippen molar-refractivity contribution in [2.45, 2.75) is 33.1 Å². The summed E-state index contributed by atoms with van der Waals surface area (Å²) in [5.74, 6) is -0.387. The molecule has 30 heavy (non-hydrogen) atoms. The Morgan fingerprint density at radius 2 is 1.90 bits per heavy atom. The minimum Gasteiger partial charge on any atom is -0.356 e. The highest BCUT2D eigenvalue weighted by Crippen LogP contribution is 2.21. The lowest BCUT2D eigenvalue weighted by Gasteiger charge is -2.31. The van der Waals surface area contributed by atoms with Crippen LogP contribution in [0.3, 0.4) is 0 Å². The molecule has 2 N–H and O–H groups in total. The van der Waals surface area contributed by atoms with Gasteiger partial charge in [-0.2, -0.15) is 0 Å². The Balaban J connectivity index is 1.57. The molecule has 3 amide bonds. The molecule has 0 saturated carbocycles. The molecule has 0 radical (unpaired) electrons. The molecule has 8 nitrogen and oxygen atoms in total. The molecular formula is C21H27N5O3S. The van der Waals surface area contributed by atoms with E-state index in [9.17, 15) is 14.4 Å². The third kappa shape index (κ3) is 5.85. The summed E-state index contributed by atoms with van der Waals surface area (Å²) in [4.78, 5) is 39.2. The summed E-state index contributed by atoms with van der Waals surface area (Å²) in [6.45, 7) is 5.81. The number of likely N-dealkylation sites (tertiary alicyclic amines) is 1. The highest BCUT2D eigenvalue weighted by atomic mass is 32.1. The molecule has 1 aromatic carbocycles. The molecule has 2 heterocycles. The van der Waals surface area contributed by atoms with Gasteiger partial charge in [-0.05, 0) is 37.3 Å². The number of benzene rings is 1. The van der Waals surface area contributed by atoms with E-state index in [4.69, 9.17) is 0 Å². The van der Waals surface area contributed by atoms with Gasteiger partial charge in [0.05, 0.1) is 5.92 Å². The first-order valence-electron chi connectivity index (χ1n) is 10.2. The number of nitrogens with zero attached hydrogens (tertiary/aromatic N) is 3. The maximum atomic E-state index is 12.8. The van der Waals surface area contributed by atoms with Crippen LogP contribution >= 0.6 is 11.3 Å². The number of anilines is 1. The van der Waals surface area contributed by atoms with E-state index in [1.807, 2.05) is 18.2 Å². The lowest BCUT2D eigenvalue weighted by atomic mass is 9.97. The van der Waals surface area contributed by atoms with E-state index >= 15 is 0 Å². The fourth-order valence-electron chi connectivity index (χ4n) is 3.25. The zero-order valence-electron chi connectivity index (χ0n) is 17.3. The van der Waals surface area contributed by atoms with Crippen LogP contribution in [0.4, 0.5) is 5.69 Å². The normalized spacial score (nSPS) is 16.4. The van der Waals surface area contributed by atoms with Gasteiger partial charge < -0.3 is 15.5 Å². The van der Waals surface area contributed by atoms with Gasteiger partial charge in [0, 0.05) is 25.3 Å². The van der Waals surface area contributed by atoms with Crippen LogP contribution in [-0.2, 0) is 4.79 Å². The van der Waals surface area contributed by atoms with Gasteiger partial charge in [0.15, 0.2) is 0 Å². The van der Waals surface area contributed by atoms with E-state index in [0.29, 0.717) is 31.2 Å². The molecule has 1 aromatic heterocycles. The fraction of sp³-hybridized carbons (Fsp3) is 0.476. The van der Waals surface area contributed by atoms with Gasteiger partial charge in [-0.3, -0.25) is 14.4 Å². The smallest absolute Gasteiger partial charge is 0.286 e. The summed E-state index contributed by atoms with van der Waals surface area (Å²) in [5.41, 5.74) is 0.646. The van der Waals surface area contributed by atoms with Gasteiger partial charge in [-0.1, -0.05) is 43.4 Å². The molecule has 1 saturated heterocycles. The lowest BCUT2D eigenvalue weighted by Crippen LogP contribution is -2.45. The van der Waals surface area contributed by atoms with E-state index in [2.05, 4.69) is 34.7 Å². The number of aromatic nitrogens is 2. The van der Waals surface area contributed by atoms with Crippen molar-refractivity contribution in [3.8, 4) is 0 Å². The van der Waals surface area contributed by atoms with E-state index in [-0.39, 0.29) is 27.7 Å². The van der Waals surface area contributed by atoms with Crippen molar-refractivity contribution in [1.82, 2.24) is 20.4 Å². The van der Waals surface area contributed by atoms with Crippen molar-refractivity contribution in [3.63, 3.8) is 0 Å². The second-order valence-corrected chi connectivity index (χ2v) is 8.77. The molecule has 1 aliphatic heterocycles. The Bertz CT molecular complexity index is 884. The second-order valence-electron chi connectivity index (χ2n) is 7.80. The maximum Gasteiger partial charge on any atom is 0.286 e. The Kier molecular flexibility index (Phi) is 7.51. The maximum absolute atomic E-state index is 12.8. The molecule has 3 rings (SSSR count). The third-order valence-corrected chi connectivity index (χ3v) is 5.84. The largest absolute Gasteiger partial charge is 0.356 e. The second kappa shape index (κ2) is 10.3. The number of carbonyl (C=O) groups excluding carboxylic acids is 3. The SMILES string of the molecule is CC(C)CCNC(=O)[C@@H]1CCCN(C(=O)c2nnc(C(=O)Nc3ccccc3)s2)C1. The summed E-state index contributed by atoms with van der Waals surface area (Å²) >= 11 is 0.963. The van der Waals surface area contributed by atoms with Crippen LogP contribution in [0.15, 0.2) is 30.3 Å². The highest BCUT2D eigenvalue weighted by Gasteiger charge is 2.30. The van der Waals surface area contributed by atoms with E-state index < -0.39 is 5.91 Å². The van der Waals surface area contributed by atoms with Gasteiger partial charge >= 0.3 is 0 Å². The summed E-state index contributed by atoms with van der Waals surface area (Å²) in [6, 6.07) is 9.02. The lowest BCUT2D eigenvalue weighted by molar-refractivity contribution is -0.126. The van der Waals surface area contributed by atoms with Crippen LogP contribution in [0.1, 0.15) is 52.7 Å². The number of amides is 3. The molecular weight excluding hydrogens is 402 g/mol. The Labute approximate surface area is 180 Å². The highest BCUT2D eigenvalue weighted by molar-refractivity contribution is 7.15. The molecule has 1 aliphatic rings. The summed E-state index contributed by atoms with van der Waals surface area (Å²) in [6.07, 6.45) is 2.45. The summed E-state index contributed by atoms with van der Waals surface area (Å²) in [7, 11) is 0. The van der Waals surface area contributed by atoms with Gasteiger partial charge in [0.1, 0.15) is 0 Å². The predicted octanol–water partition coefficient (Wildman–Crippen LogP) is 2.80. The third-order valence-electron chi connectivity index (χ3n) is 4.93. The number of hydrogen-bond acceptors (Lipinski definition) is 6. The van der Waals surface area contributed by atoms with Gasteiger partial charge in [-0.25, -0.2) is 0 Å². The van der Waals surface area contributed by atoms with Crippen molar-refractivity contribution in [3.05, 3.63) is 40.3 Å². The van der Waals surface area contributed by atoms with Crippen molar-refractivity contribution in [1.29, 1.82) is 0 Å². The van der Waals surface area contributed by atoms with E-state index in [1.54, 1.807) is 17.0 Å². The first-order valence-corrected chi connectivity index (χ1v) is 11.0. The number of nitrogens with one attached hydrogen (secondary N) is 2. The molecule has 1 atom stereocenters. The average molecular weight is 430 g/mol. The molecule has 0 aliphatic carbocycles. The molecule has 0 spiro atoms. The minimum absolute atomic E-state index is 0.00617. The molecule has 0 unspecified atom stereocenters. The zero-order chi connectivity index (χ0) is 21.5. The van der Waals surface area contributed by atoms with Crippen molar-refractivity contribution >= 4 is 34.7 Å². The number of rotatable bonds is 7. The van der Waals surface area contributed by atoms with Crippen molar-refractivity contribution in [2.24, 2.45) is 11.8 Å². The summed E-state index contributed by atoms with van der Waals surface area (Å²) in [5, 5.41) is 13.8. The Hall–Kier alpha value is -2.81. The average Bonchev–Trinajstić information content (AvgIpc) is 3.24. The van der Waals surface area contributed by atoms with Crippen LogP contribution in [0.2, 0.25) is 0 Å². The first kappa shape index (κ1) is 21.9. The van der Waals surface area contributed by atoms with Crippen molar-refractivity contribution < 1.29 is 14.4 Å². The Morgan fingerprint density at radius 1 is 1.17 bits per heavy atom. The van der Waals surface area contributed by atoms with Gasteiger partial charge in [-0.15, -0.1) is 10.2 Å². The number of hydrogen-bond donors (Lipinski definition) is 2. The first-order chi connectivity index (χ1) is 14.4. The molecule has 0 bridgehead atoms. The van der Waals surface area contributed by atoms with Crippen LogP contribution in [0.25, 0.3) is 0 Å². The zero-order valence-corrected chi connectivity index (χ0v) is 18.1. The monoisotopic (exact) mass is 429 g/mol. The summed E-state index contributed by atoms with van der Waals surface area (Å²) < 4.78 is 0. The predicted molar refractivity (Wildman–Crippen MR) is 115 cm³/mol. The molecule has 160 valence electrons. The van der Waals surface area contributed by atoms with Crippen molar-refractivity contribution in [2.75, 3.05) is 25.0 Å². The Morgan fingerprint density at radius 3 is 2.63 bits per heavy atom. The van der Waals surface area contributed by atoms with E-state index in [1.165, 1.54) is 0 Å². The van der Waals surface area contributed by atoms with E-state index in [0.717, 1.165) is 30.6 Å². The topological polar surface area (TPSA) is 104 Å². The number of carbonyl (C=O) groups is 3. The quantitative estimate of drug-likeness (QED) is 0.704. The van der Waals surface area contributed by atoms with Crippen LogP contribution in [0.5, 0.6) is 0 Å². The number of para-hydroxylation sites is 1. The standard InChI is InChI=1S/C21H27N5O3S/c1-14(2)10-11-22-17(27)15-7-6-12-26(13-15)21(29)20-25-24-19(30-20)18(28)23-16-8-4-3-5-9-16/h3-5,8-9,14-15H,6-7,10-13H2,1-2H3,(H,22,27)(H,23,28)/t15-/m1/s1.